The van der Waals surface area contributed by atoms with Crippen LogP contribution in [0.25, 0.3) is 0 Å². The molecule has 0 aliphatic carbocycles. The molecule has 0 heterocycles. The molecule has 0 aliphatic rings. The van der Waals surface area contributed by atoms with Gasteiger partial charge in [0.1, 0.15) is 0 Å². The molecule has 0 unspecified atom stereocenters. The fraction of sp³-hybridized carbons (Fsp3) is 0.500. The van der Waals surface area contributed by atoms with Crippen LogP contribution in [0.4, 0.5) is 0 Å². The van der Waals surface area contributed by atoms with E-state index in [2.05, 4.69) is 4.74 Å². The highest BCUT2D eigenvalue weighted by Gasteiger charge is 1.92. The lowest BCUT2D eigenvalue weighted by atomic mass is 10.3. The lowest BCUT2D eigenvalue weighted by molar-refractivity contribution is -0.134. The van der Waals surface area contributed by atoms with E-state index >= 15 is 0 Å². The molecule has 0 aromatic heterocycles. The fourth-order valence-electron chi connectivity index (χ4n) is 0.319. The molecule has 10 heavy (non-hydrogen) atoms. The molecular formula is C6H12ClNO2. The monoisotopic (exact) mass is 165 g/mol. The van der Waals surface area contributed by atoms with Gasteiger partial charge in [0.05, 0.1) is 7.11 Å². The van der Waals surface area contributed by atoms with E-state index in [0.29, 0.717) is 6.54 Å². The molecule has 0 saturated carbocycles. The van der Waals surface area contributed by atoms with Gasteiger partial charge in [0.2, 0.25) is 0 Å². The summed E-state index contributed by atoms with van der Waals surface area (Å²) in [6.07, 6.45) is 1.38. The van der Waals surface area contributed by atoms with Gasteiger partial charge in [-0.1, -0.05) is 5.57 Å². The van der Waals surface area contributed by atoms with Crippen molar-refractivity contribution < 1.29 is 9.53 Å². The second kappa shape index (κ2) is 6.58. The second-order valence-electron chi connectivity index (χ2n) is 1.72. The Morgan fingerprint density at radius 3 is 2.50 bits per heavy atom. The molecule has 3 nitrogen and oxygen atoms in total. The van der Waals surface area contributed by atoms with Crippen LogP contribution >= 0.6 is 12.4 Å². The summed E-state index contributed by atoms with van der Waals surface area (Å²) in [5.41, 5.74) is 6.02. The summed E-state index contributed by atoms with van der Waals surface area (Å²) in [4.78, 5) is 10.4. The molecule has 0 aromatic carbocycles. The van der Waals surface area contributed by atoms with Crippen molar-refractivity contribution in [3.8, 4) is 0 Å². The number of methoxy groups -OCH3 is 1. The Bertz CT molecular complexity index is 134. The van der Waals surface area contributed by atoms with Crippen LogP contribution in [-0.4, -0.2) is 19.6 Å². The highest BCUT2D eigenvalue weighted by Crippen LogP contribution is 1.88. The third-order valence-corrected chi connectivity index (χ3v) is 0.887. The van der Waals surface area contributed by atoms with Gasteiger partial charge in [-0.2, -0.15) is 0 Å². The van der Waals surface area contributed by atoms with Crippen LogP contribution in [0.5, 0.6) is 0 Å². The van der Waals surface area contributed by atoms with Crippen LogP contribution in [0.2, 0.25) is 0 Å². The smallest absolute Gasteiger partial charge is 0.330 e. The first-order valence-electron chi connectivity index (χ1n) is 2.66. The quantitative estimate of drug-likeness (QED) is 0.479. The van der Waals surface area contributed by atoms with Gasteiger partial charge in [-0.3, -0.25) is 0 Å². The molecular weight excluding hydrogens is 154 g/mol. The average Bonchev–Trinajstić information content (AvgIpc) is 1.87. The number of ether oxygens (including phenoxy) is 1. The van der Waals surface area contributed by atoms with E-state index in [4.69, 9.17) is 5.73 Å². The predicted octanol–water partition coefficient (Wildman–Crippen LogP) is 0.486. The summed E-state index contributed by atoms with van der Waals surface area (Å²) in [5.74, 6) is -0.349. The van der Waals surface area contributed by atoms with Gasteiger partial charge < -0.3 is 10.5 Å². The van der Waals surface area contributed by atoms with Crippen LogP contribution in [0.3, 0.4) is 0 Å². The van der Waals surface area contributed by atoms with E-state index in [1.165, 1.54) is 13.2 Å². The Labute approximate surface area is 66.6 Å². The van der Waals surface area contributed by atoms with Crippen molar-refractivity contribution in [2.24, 2.45) is 5.73 Å². The normalized spacial score (nSPS) is 10.1. The van der Waals surface area contributed by atoms with Crippen molar-refractivity contribution in [2.75, 3.05) is 13.7 Å². The largest absolute Gasteiger partial charge is 0.466 e. The average molecular weight is 166 g/mol. The molecule has 0 amide bonds. The first-order chi connectivity index (χ1) is 4.20. The lowest BCUT2D eigenvalue weighted by Gasteiger charge is -1.92. The van der Waals surface area contributed by atoms with Crippen LogP contribution in [0.15, 0.2) is 11.6 Å². The third kappa shape index (κ3) is 5.59. The van der Waals surface area contributed by atoms with E-state index in [-0.39, 0.29) is 18.4 Å². The number of esters is 1. The summed E-state index contributed by atoms with van der Waals surface area (Å²) in [6, 6.07) is 0. The highest BCUT2D eigenvalue weighted by molar-refractivity contribution is 5.85. The zero-order valence-corrected chi connectivity index (χ0v) is 6.90. The minimum atomic E-state index is -0.349. The third-order valence-electron chi connectivity index (χ3n) is 0.887. The number of halogens is 1. The number of hydrogen-bond acceptors (Lipinski definition) is 3. The van der Waals surface area contributed by atoms with Crippen molar-refractivity contribution in [1.29, 1.82) is 0 Å². The van der Waals surface area contributed by atoms with E-state index in [0.717, 1.165) is 5.57 Å². The van der Waals surface area contributed by atoms with E-state index in [1.54, 1.807) is 6.92 Å². The number of nitrogens with two attached hydrogens (primary N) is 1. The molecule has 0 fully saturated rings. The van der Waals surface area contributed by atoms with Crippen LogP contribution in [-0.2, 0) is 9.53 Å². The standard InChI is InChI=1S/C6H11NO2.ClH/c1-5(4-7)3-6(8)9-2;/h3H,4,7H2,1-2H3;1H. The second-order valence-corrected chi connectivity index (χ2v) is 1.72. The van der Waals surface area contributed by atoms with Gasteiger partial charge in [0.25, 0.3) is 0 Å². The van der Waals surface area contributed by atoms with Crippen molar-refractivity contribution in [2.45, 2.75) is 6.92 Å². The molecule has 0 radical (unpaired) electrons. The Balaban J connectivity index is 0. The maximum atomic E-state index is 10.4. The Morgan fingerprint density at radius 1 is 1.70 bits per heavy atom. The number of carbonyl (C=O) groups excluding carboxylic acids is 1. The molecule has 60 valence electrons. The van der Waals surface area contributed by atoms with Crippen molar-refractivity contribution in [3.63, 3.8) is 0 Å². The fourth-order valence-corrected chi connectivity index (χ4v) is 0.319. The van der Waals surface area contributed by atoms with Gasteiger partial charge in [-0.15, -0.1) is 12.4 Å². The van der Waals surface area contributed by atoms with Gasteiger partial charge in [0.15, 0.2) is 0 Å². The summed E-state index contributed by atoms with van der Waals surface area (Å²) < 4.78 is 4.35. The van der Waals surface area contributed by atoms with Crippen LogP contribution in [0.1, 0.15) is 6.92 Å². The van der Waals surface area contributed by atoms with Crippen LogP contribution in [0, 0.1) is 0 Å². The van der Waals surface area contributed by atoms with Gasteiger partial charge >= 0.3 is 5.97 Å². The van der Waals surface area contributed by atoms with Crippen molar-refractivity contribution in [1.82, 2.24) is 0 Å². The molecule has 0 bridgehead atoms. The Morgan fingerprint density at radius 2 is 2.20 bits per heavy atom. The topological polar surface area (TPSA) is 52.3 Å². The SMILES string of the molecule is COC(=O)C=C(C)CN.Cl. The highest BCUT2D eigenvalue weighted by atomic mass is 35.5. The maximum Gasteiger partial charge on any atom is 0.330 e. The molecule has 0 atom stereocenters. The molecule has 2 N–H and O–H groups in total. The first kappa shape index (κ1) is 12.2. The molecule has 0 saturated heterocycles. The Hall–Kier alpha value is -0.540. The molecule has 0 aromatic rings. The van der Waals surface area contributed by atoms with E-state index < -0.39 is 0 Å². The zero-order chi connectivity index (χ0) is 7.28. The number of rotatable bonds is 2. The minimum Gasteiger partial charge on any atom is -0.466 e. The van der Waals surface area contributed by atoms with Gasteiger partial charge in [0, 0.05) is 12.6 Å². The summed E-state index contributed by atoms with van der Waals surface area (Å²) in [7, 11) is 1.34. The first-order valence-corrected chi connectivity index (χ1v) is 2.66. The lowest BCUT2D eigenvalue weighted by Crippen LogP contribution is -2.03. The summed E-state index contributed by atoms with van der Waals surface area (Å²) in [5, 5.41) is 0. The zero-order valence-electron chi connectivity index (χ0n) is 6.09. The van der Waals surface area contributed by atoms with Gasteiger partial charge in [-0.05, 0) is 6.92 Å². The summed E-state index contributed by atoms with van der Waals surface area (Å²) in [6.45, 7) is 2.17. The summed E-state index contributed by atoms with van der Waals surface area (Å²) >= 11 is 0. The maximum absolute atomic E-state index is 10.4. The minimum absolute atomic E-state index is 0. The Kier molecular flexibility index (Phi) is 8.00. The molecule has 4 heteroatoms. The number of hydrogen-bond donors (Lipinski definition) is 1. The van der Waals surface area contributed by atoms with Crippen molar-refractivity contribution >= 4 is 18.4 Å². The van der Waals surface area contributed by atoms with Gasteiger partial charge in [-0.25, -0.2) is 4.79 Å². The van der Waals surface area contributed by atoms with Crippen LogP contribution < -0.4 is 5.73 Å². The molecule has 0 spiro atoms. The van der Waals surface area contributed by atoms with Crippen molar-refractivity contribution in [3.05, 3.63) is 11.6 Å². The predicted molar refractivity (Wildman–Crippen MR) is 42.1 cm³/mol. The number of carbonyl (C=O) groups is 1. The van der Waals surface area contributed by atoms with E-state index in [1.807, 2.05) is 0 Å². The molecule has 0 rings (SSSR count). The molecule has 0 aliphatic heterocycles. The van der Waals surface area contributed by atoms with E-state index in [9.17, 15) is 4.79 Å².